The van der Waals surface area contributed by atoms with Gasteiger partial charge in [0.25, 0.3) is 5.91 Å². The Kier molecular flexibility index (Phi) is 4.57. The van der Waals surface area contributed by atoms with Crippen LogP contribution in [0.25, 0.3) is 0 Å². The monoisotopic (exact) mass is 345 g/mol. The van der Waals surface area contributed by atoms with Gasteiger partial charge < -0.3 is 10.1 Å². The molecule has 6 heteroatoms. The second-order valence-electron chi connectivity index (χ2n) is 5.99. The van der Waals surface area contributed by atoms with Crippen molar-refractivity contribution in [2.45, 2.75) is 18.7 Å². The van der Waals surface area contributed by atoms with Crippen LogP contribution in [0.2, 0.25) is 0 Å². The Hall–Kier alpha value is -2.34. The molecular formula is C18H19NO4S. The topological polar surface area (TPSA) is 72.5 Å². The molecule has 126 valence electrons. The number of amides is 1. The number of hydrogen-bond acceptors (Lipinski definition) is 4. The Morgan fingerprint density at radius 2 is 1.83 bits per heavy atom. The zero-order chi connectivity index (χ0) is 17.2. The maximum absolute atomic E-state index is 12.2. The summed E-state index contributed by atoms with van der Waals surface area (Å²) in [4.78, 5) is 12.2. The number of ether oxygens (including phenoxy) is 1. The van der Waals surface area contributed by atoms with Crippen LogP contribution in [-0.2, 0) is 28.6 Å². The molecule has 1 heterocycles. The van der Waals surface area contributed by atoms with Crippen LogP contribution in [0.1, 0.15) is 27.0 Å². The smallest absolute Gasteiger partial charge is 0.251 e. The summed E-state index contributed by atoms with van der Waals surface area (Å²) in [6.45, 7) is 1.06. The number of rotatable bonds is 5. The van der Waals surface area contributed by atoms with Crippen molar-refractivity contribution in [3.05, 3.63) is 64.7 Å². The molecule has 0 unspecified atom stereocenters. The van der Waals surface area contributed by atoms with Gasteiger partial charge in [0.1, 0.15) is 5.75 Å². The molecular weight excluding hydrogens is 326 g/mol. The number of fused-ring (bicyclic) bond motifs is 1. The summed E-state index contributed by atoms with van der Waals surface area (Å²) in [7, 11) is -3.04. The lowest BCUT2D eigenvalue weighted by molar-refractivity contribution is 0.0951. The van der Waals surface area contributed by atoms with E-state index in [4.69, 9.17) is 4.74 Å². The van der Waals surface area contributed by atoms with E-state index in [1.54, 1.807) is 18.2 Å². The SMILES string of the molecule is CS(=O)(=O)Cc1ccc(CNC(=O)c2ccc3c(c2)CCO3)cc1. The fourth-order valence-corrected chi connectivity index (χ4v) is 3.47. The van der Waals surface area contributed by atoms with Crippen LogP contribution in [0.5, 0.6) is 5.75 Å². The molecule has 24 heavy (non-hydrogen) atoms. The summed E-state index contributed by atoms with van der Waals surface area (Å²) >= 11 is 0. The third kappa shape index (κ3) is 4.14. The minimum absolute atomic E-state index is 0.0246. The maximum atomic E-state index is 12.2. The van der Waals surface area contributed by atoms with Crippen molar-refractivity contribution in [3.63, 3.8) is 0 Å². The molecule has 0 saturated heterocycles. The van der Waals surface area contributed by atoms with E-state index in [0.717, 1.165) is 28.9 Å². The first-order chi connectivity index (χ1) is 11.4. The van der Waals surface area contributed by atoms with Crippen LogP contribution in [0, 0.1) is 0 Å². The van der Waals surface area contributed by atoms with Gasteiger partial charge in [-0.3, -0.25) is 4.79 Å². The number of carbonyl (C=O) groups excluding carboxylic acids is 1. The van der Waals surface area contributed by atoms with Gasteiger partial charge in [-0.25, -0.2) is 8.42 Å². The summed E-state index contributed by atoms with van der Waals surface area (Å²) in [5.41, 5.74) is 3.34. The molecule has 3 rings (SSSR count). The van der Waals surface area contributed by atoms with E-state index in [0.29, 0.717) is 18.7 Å². The third-order valence-electron chi connectivity index (χ3n) is 3.86. The Bertz CT molecular complexity index is 857. The van der Waals surface area contributed by atoms with Crippen molar-refractivity contribution in [1.82, 2.24) is 5.32 Å². The Balaban J connectivity index is 1.60. The van der Waals surface area contributed by atoms with Crippen LogP contribution < -0.4 is 10.1 Å². The highest BCUT2D eigenvalue weighted by atomic mass is 32.2. The molecule has 1 aliphatic heterocycles. The van der Waals surface area contributed by atoms with Crippen LogP contribution in [0.4, 0.5) is 0 Å². The molecule has 0 bridgehead atoms. The molecule has 0 aliphatic carbocycles. The van der Waals surface area contributed by atoms with Gasteiger partial charge in [-0.05, 0) is 34.9 Å². The molecule has 0 aromatic heterocycles. The van der Waals surface area contributed by atoms with Crippen LogP contribution >= 0.6 is 0 Å². The predicted molar refractivity (Wildman–Crippen MR) is 91.8 cm³/mol. The van der Waals surface area contributed by atoms with Gasteiger partial charge in [-0.15, -0.1) is 0 Å². The number of benzene rings is 2. The van der Waals surface area contributed by atoms with E-state index >= 15 is 0 Å². The van der Waals surface area contributed by atoms with E-state index in [9.17, 15) is 13.2 Å². The van der Waals surface area contributed by atoms with Gasteiger partial charge in [0, 0.05) is 24.8 Å². The van der Waals surface area contributed by atoms with E-state index in [1.807, 2.05) is 24.3 Å². The summed E-state index contributed by atoms with van der Waals surface area (Å²) in [6, 6.07) is 12.7. The quantitative estimate of drug-likeness (QED) is 0.901. The molecule has 1 amide bonds. The van der Waals surface area contributed by atoms with Crippen LogP contribution in [-0.4, -0.2) is 27.2 Å². The van der Waals surface area contributed by atoms with Crippen LogP contribution in [0.15, 0.2) is 42.5 Å². The molecule has 5 nitrogen and oxygen atoms in total. The Labute approximate surface area is 141 Å². The van der Waals surface area contributed by atoms with Crippen molar-refractivity contribution in [1.29, 1.82) is 0 Å². The number of hydrogen-bond donors (Lipinski definition) is 1. The van der Waals surface area contributed by atoms with Crippen molar-refractivity contribution in [2.75, 3.05) is 12.9 Å². The second-order valence-corrected chi connectivity index (χ2v) is 8.13. The lowest BCUT2D eigenvalue weighted by Crippen LogP contribution is -2.22. The van der Waals surface area contributed by atoms with E-state index < -0.39 is 9.84 Å². The van der Waals surface area contributed by atoms with Gasteiger partial charge in [-0.1, -0.05) is 24.3 Å². The van der Waals surface area contributed by atoms with Crippen molar-refractivity contribution in [3.8, 4) is 5.75 Å². The molecule has 0 atom stereocenters. The van der Waals surface area contributed by atoms with Crippen molar-refractivity contribution < 1.29 is 17.9 Å². The van der Waals surface area contributed by atoms with E-state index in [-0.39, 0.29) is 11.7 Å². The Morgan fingerprint density at radius 1 is 1.12 bits per heavy atom. The van der Waals surface area contributed by atoms with Gasteiger partial charge in [0.2, 0.25) is 0 Å². The minimum Gasteiger partial charge on any atom is -0.493 e. The highest BCUT2D eigenvalue weighted by Crippen LogP contribution is 2.25. The third-order valence-corrected chi connectivity index (χ3v) is 4.71. The summed E-state index contributed by atoms with van der Waals surface area (Å²) in [5.74, 6) is 0.745. The molecule has 0 radical (unpaired) electrons. The van der Waals surface area contributed by atoms with Crippen molar-refractivity contribution >= 4 is 15.7 Å². The molecule has 1 aliphatic rings. The summed E-state index contributed by atoms with van der Waals surface area (Å²) in [6.07, 6.45) is 2.04. The average molecular weight is 345 g/mol. The standard InChI is InChI=1S/C18H19NO4S/c1-24(21,22)12-14-4-2-13(3-5-14)11-19-18(20)16-6-7-17-15(10-16)8-9-23-17/h2-7,10H,8-9,11-12H2,1H3,(H,19,20). The first-order valence-corrected chi connectivity index (χ1v) is 9.76. The zero-order valence-corrected chi connectivity index (χ0v) is 14.2. The lowest BCUT2D eigenvalue weighted by Gasteiger charge is -2.07. The molecule has 0 saturated carbocycles. The molecule has 1 N–H and O–H groups in total. The number of sulfone groups is 1. The van der Waals surface area contributed by atoms with E-state index in [1.165, 1.54) is 6.26 Å². The average Bonchev–Trinajstić information content (AvgIpc) is 3.00. The van der Waals surface area contributed by atoms with Gasteiger partial charge in [0.05, 0.1) is 12.4 Å². The van der Waals surface area contributed by atoms with Gasteiger partial charge in [-0.2, -0.15) is 0 Å². The van der Waals surface area contributed by atoms with Crippen molar-refractivity contribution in [2.24, 2.45) is 0 Å². The zero-order valence-electron chi connectivity index (χ0n) is 13.4. The largest absolute Gasteiger partial charge is 0.493 e. The summed E-state index contributed by atoms with van der Waals surface area (Å²) < 4.78 is 28.0. The lowest BCUT2D eigenvalue weighted by atomic mass is 10.1. The molecule has 0 spiro atoms. The fourth-order valence-electron chi connectivity index (χ4n) is 2.67. The highest BCUT2D eigenvalue weighted by Gasteiger charge is 2.14. The minimum atomic E-state index is -3.04. The first kappa shape index (κ1) is 16.5. The molecule has 2 aromatic rings. The van der Waals surface area contributed by atoms with Gasteiger partial charge in [0.15, 0.2) is 9.84 Å². The van der Waals surface area contributed by atoms with E-state index in [2.05, 4.69) is 5.32 Å². The van der Waals surface area contributed by atoms with Gasteiger partial charge >= 0.3 is 0 Å². The second kappa shape index (κ2) is 6.65. The molecule has 0 fully saturated rings. The van der Waals surface area contributed by atoms with Crippen LogP contribution in [0.3, 0.4) is 0 Å². The highest BCUT2D eigenvalue weighted by molar-refractivity contribution is 7.89. The molecule has 2 aromatic carbocycles. The normalized spacial score (nSPS) is 13.2. The predicted octanol–water partition coefficient (Wildman–Crippen LogP) is 2.10. The maximum Gasteiger partial charge on any atom is 0.251 e. The summed E-state index contributed by atoms with van der Waals surface area (Å²) in [5, 5.41) is 2.88. The number of nitrogens with one attached hydrogen (secondary N) is 1. The Morgan fingerprint density at radius 3 is 2.54 bits per heavy atom. The first-order valence-electron chi connectivity index (χ1n) is 7.70. The fraction of sp³-hybridized carbons (Fsp3) is 0.278. The number of carbonyl (C=O) groups is 1.